The predicted molar refractivity (Wildman–Crippen MR) is 78.6 cm³/mol. The molecule has 0 radical (unpaired) electrons. The highest BCUT2D eigenvalue weighted by Crippen LogP contribution is 2.34. The first-order chi connectivity index (χ1) is 10.1. The molecule has 1 N–H and O–H groups in total. The van der Waals surface area contributed by atoms with Gasteiger partial charge < -0.3 is 15.0 Å². The van der Waals surface area contributed by atoms with Gasteiger partial charge in [0.05, 0.1) is 12.0 Å². The molecule has 1 fully saturated rings. The Labute approximate surface area is 123 Å². The Morgan fingerprint density at radius 1 is 1.43 bits per heavy atom. The van der Waals surface area contributed by atoms with Crippen LogP contribution in [0.1, 0.15) is 19.3 Å². The van der Waals surface area contributed by atoms with Gasteiger partial charge in [-0.2, -0.15) is 0 Å². The predicted octanol–water partition coefficient (Wildman–Crippen LogP) is 2.03. The van der Waals surface area contributed by atoms with Crippen molar-refractivity contribution in [1.29, 1.82) is 0 Å². The van der Waals surface area contributed by atoms with Gasteiger partial charge in [0.1, 0.15) is 5.69 Å². The first-order valence-electron chi connectivity index (χ1n) is 6.96. The Hall–Kier alpha value is -2.31. The second-order valence-electron chi connectivity index (χ2n) is 4.88. The monoisotopic (exact) mass is 293 g/mol. The molecule has 0 atom stereocenters. The number of amides is 1. The van der Waals surface area contributed by atoms with E-state index in [2.05, 4.69) is 5.32 Å². The Morgan fingerprint density at radius 3 is 2.76 bits per heavy atom. The molecule has 1 aliphatic heterocycles. The lowest BCUT2D eigenvalue weighted by molar-refractivity contribution is -0.384. The standard InChI is InChI=1S/C14H19N3O4/c1-21-12-6-4-5-11(14(12)17(19)20)15-8-7-13(18)16-9-2-3-10-16/h4-6,15H,2-3,7-10H2,1H3. The van der Waals surface area contributed by atoms with Crippen LogP contribution in [0, 0.1) is 10.1 Å². The van der Waals surface area contributed by atoms with E-state index in [1.165, 1.54) is 7.11 Å². The number of likely N-dealkylation sites (tertiary alicyclic amines) is 1. The molecule has 21 heavy (non-hydrogen) atoms. The fourth-order valence-electron chi connectivity index (χ4n) is 2.45. The zero-order valence-electron chi connectivity index (χ0n) is 12.0. The third-order valence-electron chi connectivity index (χ3n) is 3.51. The molecule has 1 aromatic carbocycles. The highest BCUT2D eigenvalue weighted by molar-refractivity contribution is 5.77. The number of hydrogen-bond donors (Lipinski definition) is 1. The van der Waals surface area contributed by atoms with Crippen LogP contribution in [-0.2, 0) is 4.79 Å². The molecule has 7 heteroatoms. The van der Waals surface area contributed by atoms with E-state index in [1.54, 1.807) is 18.2 Å². The lowest BCUT2D eigenvalue weighted by atomic mass is 10.2. The van der Waals surface area contributed by atoms with E-state index in [9.17, 15) is 14.9 Å². The van der Waals surface area contributed by atoms with Crippen LogP contribution in [0.4, 0.5) is 11.4 Å². The van der Waals surface area contributed by atoms with Gasteiger partial charge in [-0.15, -0.1) is 0 Å². The number of rotatable bonds is 6. The van der Waals surface area contributed by atoms with Gasteiger partial charge in [-0.05, 0) is 25.0 Å². The zero-order chi connectivity index (χ0) is 15.2. The Balaban J connectivity index is 1.96. The molecule has 7 nitrogen and oxygen atoms in total. The summed E-state index contributed by atoms with van der Waals surface area (Å²) in [4.78, 5) is 24.4. The number of methoxy groups -OCH3 is 1. The minimum atomic E-state index is -0.483. The SMILES string of the molecule is COc1cccc(NCCC(=O)N2CCCC2)c1[N+](=O)[O-]. The van der Waals surface area contributed by atoms with Crippen molar-refractivity contribution < 1.29 is 14.5 Å². The number of hydrogen-bond acceptors (Lipinski definition) is 5. The summed E-state index contributed by atoms with van der Waals surface area (Å²) < 4.78 is 5.00. The summed E-state index contributed by atoms with van der Waals surface area (Å²) in [5.41, 5.74) is 0.266. The number of nitro benzene ring substituents is 1. The fourth-order valence-corrected chi connectivity index (χ4v) is 2.45. The Bertz CT molecular complexity index is 527. The van der Waals surface area contributed by atoms with Crippen LogP contribution >= 0.6 is 0 Å². The maximum Gasteiger partial charge on any atom is 0.333 e. The average Bonchev–Trinajstić information content (AvgIpc) is 3.00. The highest BCUT2D eigenvalue weighted by atomic mass is 16.6. The molecule has 0 saturated carbocycles. The van der Waals surface area contributed by atoms with Crippen molar-refractivity contribution in [2.45, 2.75) is 19.3 Å². The molecule has 2 rings (SSSR count). The highest BCUT2D eigenvalue weighted by Gasteiger charge is 2.21. The van der Waals surface area contributed by atoms with Gasteiger partial charge in [-0.3, -0.25) is 14.9 Å². The Morgan fingerprint density at radius 2 is 2.14 bits per heavy atom. The molecule has 0 spiro atoms. The summed E-state index contributed by atoms with van der Waals surface area (Å²) in [5.74, 6) is 0.293. The van der Waals surface area contributed by atoms with Gasteiger partial charge in [0.25, 0.3) is 0 Å². The fraction of sp³-hybridized carbons (Fsp3) is 0.500. The molecular formula is C14H19N3O4. The van der Waals surface area contributed by atoms with Crippen LogP contribution in [0.2, 0.25) is 0 Å². The first-order valence-corrected chi connectivity index (χ1v) is 6.96. The van der Waals surface area contributed by atoms with E-state index >= 15 is 0 Å². The third-order valence-corrected chi connectivity index (χ3v) is 3.51. The van der Waals surface area contributed by atoms with Crippen LogP contribution in [0.3, 0.4) is 0 Å². The number of nitrogens with zero attached hydrogens (tertiary/aromatic N) is 2. The molecule has 0 bridgehead atoms. The lowest BCUT2D eigenvalue weighted by Gasteiger charge is -2.15. The largest absolute Gasteiger partial charge is 0.490 e. The van der Waals surface area contributed by atoms with Gasteiger partial charge >= 0.3 is 5.69 Å². The van der Waals surface area contributed by atoms with Gasteiger partial charge in [0.2, 0.25) is 5.91 Å². The van der Waals surface area contributed by atoms with E-state index in [4.69, 9.17) is 4.74 Å². The van der Waals surface area contributed by atoms with Crippen molar-refractivity contribution in [3.63, 3.8) is 0 Å². The maximum absolute atomic E-state index is 11.9. The van der Waals surface area contributed by atoms with Crippen molar-refractivity contribution in [2.24, 2.45) is 0 Å². The van der Waals surface area contributed by atoms with Crippen molar-refractivity contribution in [2.75, 3.05) is 32.1 Å². The molecule has 0 aliphatic carbocycles. The molecule has 1 aliphatic rings. The third kappa shape index (κ3) is 3.62. The van der Waals surface area contributed by atoms with Gasteiger partial charge in [0, 0.05) is 26.1 Å². The number of benzene rings is 1. The lowest BCUT2D eigenvalue weighted by Crippen LogP contribution is -2.29. The number of nitro groups is 1. The second kappa shape index (κ2) is 6.92. The Kier molecular flexibility index (Phi) is 4.97. The molecule has 1 heterocycles. The summed E-state index contributed by atoms with van der Waals surface area (Å²) in [6, 6.07) is 4.83. The smallest absolute Gasteiger partial charge is 0.333 e. The van der Waals surface area contributed by atoms with Crippen LogP contribution in [-0.4, -0.2) is 42.5 Å². The van der Waals surface area contributed by atoms with E-state index in [1.807, 2.05) is 4.90 Å². The number of para-hydroxylation sites is 1. The summed E-state index contributed by atoms with van der Waals surface area (Å²) in [6.45, 7) is 2.00. The van der Waals surface area contributed by atoms with Crippen LogP contribution < -0.4 is 10.1 Å². The number of anilines is 1. The van der Waals surface area contributed by atoms with E-state index in [-0.39, 0.29) is 17.3 Å². The zero-order valence-corrected chi connectivity index (χ0v) is 12.0. The summed E-state index contributed by atoms with van der Waals surface area (Å²) in [6.07, 6.45) is 2.44. The molecule has 1 aromatic rings. The van der Waals surface area contributed by atoms with Crippen molar-refractivity contribution in [3.05, 3.63) is 28.3 Å². The van der Waals surface area contributed by atoms with Crippen molar-refractivity contribution >= 4 is 17.3 Å². The number of ether oxygens (including phenoxy) is 1. The average molecular weight is 293 g/mol. The number of carbonyl (C=O) groups excluding carboxylic acids is 1. The first kappa shape index (κ1) is 15.1. The molecule has 0 aromatic heterocycles. The van der Waals surface area contributed by atoms with Crippen LogP contribution in [0.15, 0.2) is 18.2 Å². The normalized spacial score (nSPS) is 14.0. The molecule has 114 valence electrons. The molecule has 1 saturated heterocycles. The minimum absolute atomic E-state index is 0.0885. The topological polar surface area (TPSA) is 84.7 Å². The van der Waals surface area contributed by atoms with E-state index in [0.717, 1.165) is 25.9 Å². The van der Waals surface area contributed by atoms with Crippen LogP contribution in [0.25, 0.3) is 0 Å². The number of carbonyl (C=O) groups is 1. The summed E-state index contributed by atoms with van der Waals surface area (Å²) in [5, 5.41) is 14.1. The quantitative estimate of drug-likeness (QED) is 0.640. The minimum Gasteiger partial charge on any atom is -0.490 e. The van der Waals surface area contributed by atoms with Crippen molar-refractivity contribution in [3.8, 4) is 5.75 Å². The second-order valence-corrected chi connectivity index (χ2v) is 4.88. The summed E-state index contributed by atoms with van der Waals surface area (Å²) >= 11 is 0. The molecule has 0 unspecified atom stereocenters. The van der Waals surface area contributed by atoms with Gasteiger partial charge in [-0.25, -0.2) is 0 Å². The van der Waals surface area contributed by atoms with Crippen LogP contribution in [0.5, 0.6) is 5.75 Å². The van der Waals surface area contributed by atoms with E-state index < -0.39 is 4.92 Å². The van der Waals surface area contributed by atoms with Crippen molar-refractivity contribution in [1.82, 2.24) is 4.90 Å². The number of nitrogens with one attached hydrogen (secondary N) is 1. The van der Waals surface area contributed by atoms with Gasteiger partial charge in [0.15, 0.2) is 5.75 Å². The summed E-state index contributed by atoms with van der Waals surface area (Å²) in [7, 11) is 1.39. The molecule has 1 amide bonds. The van der Waals surface area contributed by atoms with E-state index in [0.29, 0.717) is 18.7 Å². The molecular weight excluding hydrogens is 274 g/mol. The van der Waals surface area contributed by atoms with Gasteiger partial charge in [-0.1, -0.05) is 6.07 Å². The maximum atomic E-state index is 11.9.